The van der Waals surface area contributed by atoms with E-state index < -0.39 is 0 Å². The fourth-order valence-electron chi connectivity index (χ4n) is 8.33. The summed E-state index contributed by atoms with van der Waals surface area (Å²) in [4.78, 5) is 11.9. The van der Waals surface area contributed by atoms with Crippen LogP contribution in [-0.4, -0.2) is 30.9 Å². The van der Waals surface area contributed by atoms with Crippen LogP contribution >= 0.6 is 0 Å². The van der Waals surface area contributed by atoms with E-state index in [-0.39, 0.29) is 18.7 Å². The van der Waals surface area contributed by atoms with Gasteiger partial charge in [0.1, 0.15) is 11.9 Å². The van der Waals surface area contributed by atoms with Crippen LogP contribution in [0, 0.1) is 23.2 Å². The van der Waals surface area contributed by atoms with Crippen molar-refractivity contribution in [1.29, 1.82) is 0 Å². The monoisotopic (exact) mass is 512 g/mol. The number of esters is 1. The number of hydrogen-bond donors (Lipinski definition) is 1. The molecule has 4 aliphatic rings. The zero-order valence-electron chi connectivity index (χ0n) is 22.5. The summed E-state index contributed by atoms with van der Waals surface area (Å²) in [5, 5.41) is 11.7. The van der Waals surface area contributed by atoms with E-state index in [1.807, 2.05) is 24.3 Å². The molecule has 4 saturated carbocycles. The molecule has 4 aliphatic carbocycles. The third kappa shape index (κ3) is 4.96. The highest BCUT2D eigenvalue weighted by atomic mass is 16.5. The zero-order valence-corrected chi connectivity index (χ0v) is 22.5. The molecule has 0 aliphatic heterocycles. The number of ether oxygens (including phenoxy) is 2. The first-order chi connectivity index (χ1) is 18.6. The Bertz CT molecular complexity index is 1240. The van der Waals surface area contributed by atoms with Gasteiger partial charge in [-0.3, -0.25) is 0 Å². The molecule has 1 N–H and O–H groups in total. The number of aliphatic hydroxyl groups excluding tert-OH is 1. The first kappa shape index (κ1) is 25.4. The van der Waals surface area contributed by atoms with Gasteiger partial charge >= 0.3 is 5.97 Å². The quantitative estimate of drug-likeness (QED) is 0.222. The Morgan fingerprint density at radius 1 is 0.921 bits per heavy atom. The van der Waals surface area contributed by atoms with Crippen molar-refractivity contribution in [3.8, 4) is 16.9 Å². The Morgan fingerprint density at radius 3 is 2.29 bits per heavy atom. The molecule has 38 heavy (non-hydrogen) atoms. The molecule has 4 fully saturated rings. The number of methoxy groups -OCH3 is 1. The predicted molar refractivity (Wildman–Crippen MR) is 151 cm³/mol. The third-order valence-corrected chi connectivity index (χ3v) is 9.64. The molecule has 0 saturated heterocycles. The molecular formula is C34H40O4. The first-order valence-corrected chi connectivity index (χ1v) is 14.6. The molecule has 3 aromatic rings. The maximum atomic E-state index is 11.9. The minimum atomic E-state index is -0.320. The number of hydrogen-bond acceptors (Lipinski definition) is 4. The molecule has 7 rings (SSSR count). The van der Waals surface area contributed by atoms with Gasteiger partial charge < -0.3 is 14.6 Å². The van der Waals surface area contributed by atoms with Gasteiger partial charge in [0.25, 0.3) is 0 Å². The molecule has 0 radical (unpaired) electrons. The van der Waals surface area contributed by atoms with Gasteiger partial charge in [0, 0.05) is 12.0 Å². The summed E-state index contributed by atoms with van der Waals surface area (Å²) in [7, 11) is 1.41. The number of fused-ring (bicyclic) bond motifs is 1. The lowest BCUT2D eigenvalue weighted by atomic mass is 9.48. The highest BCUT2D eigenvalue weighted by Gasteiger charge is 2.54. The van der Waals surface area contributed by atoms with Crippen LogP contribution in [0.3, 0.4) is 0 Å². The van der Waals surface area contributed by atoms with E-state index in [9.17, 15) is 9.90 Å². The van der Waals surface area contributed by atoms with Crippen LogP contribution in [0.5, 0.6) is 5.75 Å². The first-order valence-electron chi connectivity index (χ1n) is 14.6. The van der Waals surface area contributed by atoms with E-state index >= 15 is 0 Å². The summed E-state index contributed by atoms with van der Waals surface area (Å²) in [6.07, 6.45) is 12.6. The highest BCUT2D eigenvalue weighted by Crippen LogP contribution is 2.62. The van der Waals surface area contributed by atoms with Gasteiger partial charge in [-0.15, -0.1) is 0 Å². The topological polar surface area (TPSA) is 55.8 Å². The number of unbranched alkanes of at least 4 members (excludes halogenated alkanes) is 2. The lowest BCUT2D eigenvalue weighted by Gasteiger charge is -2.59. The van der Waals surface area contributed by atoms with Gasteiger partial charge in [0.2, 0.25) is 0 Å². The van der Waals surface area contributed by atoms with Crippen molar-refractivity contribution in [2.24, 2.45) is 23.2 Å². The van der Waals surface area contributed by atoms with Crippen molar-refractivity contribution in [2.75, 3.05) is 13.7 Å². The van der Waals surface area contributed by atoms with Gasteiger partial charge in [0.15, 0.2) is 0 Å². The summed E-state index contributed by atoms with van der Waals surface area (Å²) >= 11 is 0. The van der Waals surface area contributed by atoms with E-state index in [1.165, 1.54) is 56.4 Å². The predicted octanol–water partition coefficient (Wildman–Crippen LogP) is 7.81. The zero-order chi connectivity index (χ0) is 26.1. The summed E-state index contributed by atoms with van der Waals surface area (Å²) < 4.78 is 11.9. The standard InChI is InChI=1S/C34H40O4/c1-37-33(36)28-11-9-27(10-12-28)30-7-5-6-26-13-14-29(19-31(26)30)38-32(8-3-2-4-15-35)34-20-23-16-24(21-34)18-25(17-23)22-34/h5-7,9-14,19,23-25,32,35H,2-4,8,15-18,20-22H2,1H3. The van der Waals surface area contributed by atoms with Crippen molar-refractivity contribution >= 4 is 16.7 Å². The van der Waals surface area contributed by atoms with Crippen LogP contribution in [-0.2, 0) is 4.74 Å². The number of benzene rings is 3. The lowest BCUT2D eigenvalue weighted by Crippen LogP contribution is -2.53. The number of carbonyl (C=O) groups excluding carboxylic acids is 1. The second-order valence-electron chi connectivity index (χ2n) is 12.2. The lowest BCUT2D eigenvalue weighted by molar-refractivity contribution is -0.113. The van der Waals surface area contributed by atoms with E-state index in [1.54, 1.807) is 0 Å². The molecule has 4 heteroatoms. The van der Waals surface area contributed by atoms with Gasteiger partial charge in [-0.1, -0.05) is 42.8 Å². The van der Waals surface area contributed by atoms with Crippen molar-refractivity contribution < 1.29 is 19.4 Å². The van der Waals surface area contributed by atoms with Crippen LogP contribution < -0.4 is 4.74 Å². The number of carbonyl (C=O) groups is 1. The fraction of sp³-hybridized carbons (Fsp3) is 0.500. The minimum absolute atomic E-state index is 0.235. The van der Waals surface area contributed by atoms with E-state index in [4.69, 9.17) is 9.47 Å². The molecule has 0 amide bonds. The summed E-state index contributed by atoms with van der Waals surface area (Å²) in [5.74, 6) is 3.31. The molecule has 3 aromatic carbocycles. The van der Waals surface area contributed by atoms with E-state index in [0.29, 0.717) is 11.0 Å². The third-order valence-electron chi connectivity index (χ3n) is 9.64. The Hall–Kier alpha value is -2.85. The van der Waals surface area contributed by atoms with Crippen LogP contribution in [0.1, 0.15) is 74.6 Å². The van der Waals surface area contributed by atoms with Crippen molar-refractivity contribution in [3.63, 3.8) is 0 Å². The SMILES string of the molecule is COC(=O)c1ccc(-c2cccc3ccc(OC(CCCCCO)C45CC6CC(CC(C6)C4)C5)cc23)cc1. The summed E-state index contributed by atoms with van der Waals surface area (Å²) in [5.41, 5.74) is 3.08. The fourth-order valence-corrected chi connectivity index (χ4v) is 8.33. The molecule has 1 atom stereocenters. The Labute approximate surface area is 226 Å². The van der Waals surface area contributed by atoms with Crippen molar-refractivity contribution in [3.05, 3.63) is 66.2 Å². The number of aliphatic hydroxyl groups is 1. The van der Waals surface area contributed by atoms with Gasteiger partial charge in [0.05, 0.1) is 12.7 Å². The molecule has 0 spiro atoms. The van der Waals surface area contributed by atoms with Crippen LogP contribution in [0.15, 0.2) is 60.7 Å². The maximum absolute atomic E-state index is 11.9. The van der Waals surface area contributed by atoms with Crippen molar-refractivity contribution in [1.82, 2.24) is 0 Å². The van der Waals surface area contributed by atoms with Gasteiger partial charge in [-0.2, -0.15) is 0 Å². The highest BCUT2D eigenvalue weighted by molar-refractivity contribution is 5.98. The van der Waals surface area contributed by atoms with Crippen LogP contribution in [0.2, 0.25) is 0 Å². The normalized spacial score (nSPS) is 26.4. The van der Waals surface area contributed by atoms with Gasteiger partial charge in [-0.25, -0.2) is 4.79 Å². The molecule has 200 valence electrons. The molecule has 4 nitrogen and oxygen atoms in total. The van der Waals surface area contributed by atoms with E-state index in [2.05, 4.69) is 36.4 Å². The van der Waals surface area contributed by atoms with E-state index in [0.717, 1.165) is 60.3 Å². The van der Waals surface area contributed by atoms with Crippen LogP contribution in [0.4, 0.5) is 0 Å². The summed E-state index contributed by atoms with van der Waals surface area (Å²) in [6, 6.07) is 20.6. The molecule has 1 unspecified atom stereocenters. The Kier molecular flexibility index (Phi) is 7.18. The largest absolute Gasteiger partial charge is 0.490 e. The molecule has 0 heterocycles. The average Bonchev–Trinajstić information content (AvgIpc) is 2.93. The maximum Gasteiger partial charge on any atom is 0.337 e. The Morgan fingerprint density at radius 2 is 1.63 bits per heavy atom. The molecular weight excluding hydrogens is 472 g/mol. The molecule has 4 bridgehead atoms. The van der Waals surface area contributed by atoms with Crippen molar-refractivity contribution in [2.45, 2.75) is 70.3 Å². The summed E-state index contributed by atoms with van der Waals surface area (Å²) in [6.45, 7) is 0.275. The minimum Gasteiger partial charge on any atom is -0.490 e. The second kappa shape index (κ2) is 10.7. The average molecular weight is 513 g/mol. The second-order valence-corrected chi connectivity index (χ2v) is 12.2. The molecule has 0 aromatic heterocycles. The number of rotatable bonds is 10. The smallest absolute Gasteiger partial charge is 0.337 e. The Balaban J connectivity index is 1.30. The van der Waals surface area contributed by atoms with Crippen LogP contribution in [0.25, 0.3) is 21.9 Å². The van der Waals surface area contributed by atoms with Gasteiger partial charge in [-0.05, 0) is 122 Å².